The van der Waals surface area contributed by atoms with Crippen molar-refractivity contribution in [3.8, 4) is 5.75 Å². The second-order valence-corrected chi connectivity index (χ2v) is 7.92. The summed E-state index contributed by atoms with van der Waals surface area (Å²) in [5.41, 5.74) is 0. The Morgan fingerprint density at radius 2 is 2.05 bits per heavy atom. The first-order valence-electron chi connectivity index (χ1n) is 7.68. The zero-order chi connectivity index (χ0) is 14.9. The molecule has 1 aromatic heterocycles. The molecule has 0 radical (unpaired) electrons. The molecule has 0 aliphatic carbocycles. The molecule has 2 bridgehead atoms. The summed E-state index contributed by atoms with van der Waals surface area (Å²) in [7, 11) is -3.10. The van der Waals surface area contributed by atoms with Crippen molar-refractivity contribution in [1.82, 2.24) is 9.29 Å². The van der Waals surface area contributed by atoms with E-state index in [2.05, 4.69) is 4.98 Å². The molecule has 0 N–H and O–H groups in total. The van der Waals surface area contributed by atoms with Gasteiger partial charge in [0.15, 0.2) is 0 Å². The lowest BCUT2D eigenvalue weighted by atomic mass is 10.0. The number of hydrogen-bond acceptors (Lipinski definition) is 4. The number of sulfonamides is 1. The van der Waals surface area contributed by atoms with Crippen molar-refractivity contribution in [2.45, 2.75) is 57.2 Å². The van der Waals surface area contributed by atoms with Gasteiger partial charge in [-0.25, -0.2) is 8.42 Å². The Hall–Kier alpha value is -1.14. The first kappa shape index (κ1) is 14.8. The fourth-order valence-corrected chi connectivity index (χ4v) is 5.63. The molecule has 2 unspecified atom stereocenters. The van der Waals surface area contributed by atoms with Gasteiger partial charge in [-0.2, -0.15) is 4.31 Å². The van der Waals surface area contributed by atoms with Gasteiger partial charge in [0, 0.05) is 31.1 Å². The number of nitrogens with zero attached hydrogens (tertiary/aromatic N) is 2. The summed E-state index contributed by atoms with van der Waals surface area (Å²) in [4.78, 5) is 4.05. The highest BCUT2D eigenvalue weighted by atomic mass is 32.2. The second-order valence-electron chi connectivity index (χ2n) is 5.93. The van der Waals surface area contributed by atoms with Crippen molar-refractivity contribution in [2.24, 2.45) is 0 Å². The van der Waals surface area contributed by atoms with Crippen molar-refractivity contribution in [3.05, 3.63) is 24.5 Å². The molecule has 1 aromatic rings. The molecule has 2 aliphatic rings. The van der Waals surface area contributed by atoms with Gasteiger partial charge in [-0.05, 0) is 31.4 Å². The van der Waals surface area contributed by atoms with Crippen LogP contribution < -0.4 is 4.74 Å². The Kier molecular flexibility index (Phi) is 4.17. The first-order valence-corrected chi connectivity index (χ1v) is 9.29. The minimum Gasteiger partial charge on any atom is -0.489 e. The van der Waals surface area contributed by atoms with Crippen molar-refractivity contribution in [1.29, 1.82) is 0 Å². The van der Waals surface area contributed by atoms with E-state index in [0.29, 0.717) is 6.42 Å². The topological polar surface area (TPSA) is 59.5 Å². The smallest absolute Gasteiger partial charge is 0.214 e. The number of pyridine rings is 1. The summed E-state index contributed by atoms with van der Waals surface area (Å²) in [6, 6.07) is 3.98. The zero-order valence-corrected chi connectivity index (χ0v) is 13.1. The van der Waals surface area contributed by atoms with Gasteiger partial charge in [0.2, 0.25) is 10.0 Å². The number of fused-ring (bicyclic) bond motifs is 2. The fourth-order valence-electron chi connectivity index (χ4n) is 3.61. The molecule has 21 heavy (non-hydrogen) atoms. The molecule has 116 valence electrons. The summed E-state index contributed by atoms with van der Waals surface area (Å²) in [5.74, 6) is 1.03. The SMILES string of the molecule is CCCS(=O)(=O)N1C2CCC1CC(Oc1cccnc1)C2. The third kappa shape index (κ3) is 3.06. The second kappa shape index (κ2) is 5.93. The predicted octanol–water partition coefficient (Wildman–Crippen LogP) is 2.20. The van der Waals surface area contributed by atoms with E-state index in [1.807, 2.05) is 19.1 Å². The maximum absolute atomic E-state index is 12.4. The number of hydrogen-bond donors (Lipinski definition) is 0. The summed E-state index contributed by atoms with van der Waals surface area (Å²) in [6.07, 6.45) is 7.69. The monoisotopic (exact) mass is 310 g/mol. The van der Waals surface area contributed by atoms with Crippen LogP contribution in [0.5, 0.6) is 5.75 Å². The Morgan fingerprint density at radius 1 is 1.33 bits per heavy atom. The predicted molar refractivity (Wildman–Crippen MR) is 80.6 cm³/mol. The molecular weight excluding hydrogens is 288 g/mol. The molecular formula is C15H22N2O3S. The van der Waals surface area contributed by atoms with E-state index in [1.54, 1.807) is 16.7 Å². The van der Waals surface area contributed by atoms with Crippen LogP contribution in [0.25, 0.3) is 0 Å². The first-order chi connectivity index (χ1) is 10.1. The van der Waals surface area contributed by atoms with E-state index in [9.17, 15) is 8.42 Å². The van der Waals surface area contributed by atoms with Crippen molar-refractivity contribution in [3.63, 3.8) is 0 Å². The molecule has 3 heterocycles. The van der Waals surface area contributed by atoms with Gasteiger partial charge in [-0.15, -0.1) is 0 Å². The lowest BCUT2D eigenvalue weighted by Crippen LogP contribution is -2.49. The molecule has 2 saturated heterocycles. The largest absolute Gasteiger partial charge is 0.489 e. The summed E-state index contributed by atoms with van der Waals surface area (Å²) in [6.45, 7) is 1.91. The molecule has 2 fully saturated rings. The Labute approximate surface area is 126 Å². The van der Waals surface area contributed by atoms with Crippen LogP contribution >= 0.6 is 0 Å². The molecule has 0 amide bonds. The van der Waals surface area contributed by atoms with Crippen LogP contribution in [0.4, 0.5) is 0 Å². The third-order valence-corrected chi connectivity index (χ3v) is 6.51. The Balaban J connectivity index is 1.69. The number of piperidine rings is 1. The van der Waals surface area contributed by atoms with Crippen LogP contribution in [0.3, 0.4) is 0 Å². The van der Waals surface area contributed by atoms with Crippen LogP contribution in [0.15, 0.2) is 24.5 Å². The Morgan fingerprint density at radius 3 is 2.62 bits per heavy atom. The van der Waals surface area contributed by atoms with E-state index in [4.69, 9.17) is 4.74 Å². The number of rotatable bonds is 5. The fraction of sp³-hybridized carbons (Fsp3) is 0.667. The molecule has 5 nitrogen and oxygen atoms in total. The lowest BCUT2D eigenvalue weighted by molar-refractivity contribution is 0.0954. The Bertz CT molecular complexity index is 562. The summed E-state index contributed by atoms with van der Waals surface area (Å²) in [5, 5.41) is 0. The highest BCUT2D eigenvalue weighted by Gasteiger charge is 2.46. The van der Waals surface area contributed by atoms with E-state index in [1.165, 1.54) is 0 Å². The molecule has 2 atom stereocenters. The van der Waals surface area contributed by atoms with Gasteiger partial charge < -0.3 is 4.74 Å². The maximum atomic E-state index is 12.4. The lowest BCUT2D eigenvalue weighted by Gasteiger charge is -2.37. The summed E-state index contributed by atoms with van der Waals surface area (Å²) < 4.78 is 32.5. The molecule has 2 aliphatic heterocycles. The van der Waals surface area contributed by atoms with Gasteiger partial charge in [0.05, 0.1) is 11.9 Å². The van der Waals surface area contributed by atoms with Crippen LogP contribution in [0, 0.1) is 0 Å². The molecule has 0 aromatic carbocycles. The highest BCUT2D eigenvalue weighted by molar-refractivity contribution is 7.89. The molecule has 0 spiro atoms. The van der Waals surface area contributed by atoms with Crippen LogP contribution in [-0.2, 0) is 10.0 Å². The average Bonchev–Trinajstić information content (AvgIpc) is 2.73. The van der Waals surface area contributed by atoms with Crippen LogP contribution in [0.1, 0.15) is 39.0 Å². The maximum Gasteiger partial charge on any atom is 0.214 e. The van der Waals surface area contributed by atoms with Gasteiger partial charge in [-0.3, -0.25) is 4.98 Å². The standard InChI is InChI=1S/C15H22N2O3S/c1-2-8-21(18,19)17-12-5-6-13(17)10-15(9-12)20-14-4-3-7-16-11-14/h3-4,7,11-13,15H,2,5-6,8-10H2,1H3. The normalized spacial score (nSPS) is 29.5. The molecule has 0 saturated carbocycles. The summed E-state index contributed by atoms with van der Waals surface area (Å²) >= 11 is 0. The van der Waals surface area contributed by atoms with Crippen molar-refractivity contribution in [2.75, 3.05) is 5.75 Å². The van der Waals surface area contributed by atoms with Gasteiger partial charge in [0.1, 0.15) is 11.9 Å². The van der Waals surface area contributed by atoms with Gasteiger partial charge in [0.25, 0.3) is 0 Å². The molecule has 6 heteroatoms. The van der Waals surface area contributed by atoms with Crippen LogP contribution in [-0.4, -0.2) is 41.6 Å². The zero-order valence-electron chi connectivity index (χ0n) is 12.3. The quantitative estimate of drug-likeness (QED) is 0.836. The van der Waals surface area contributed by atoms with Crippen molar-refractivity contribution >= 4 is 10.0 Å². The van der Waals surface area contributed by atoms with E-state index in [0.717, 1.165) is 31.4 Å². The van der Waals surface area contributed by atoms with Crippen LogP contribution in [0.2, 0.25) is 0 Å². The average molecular weight is 310 g/mol. The molecule has 3 rings (SSSR count). The van der Waals surface area contributed by atoms with E-state index < -0.39 is 10.0 Å². The third-order valence-electron chi connectivity index (χ3n) is 4.34. The van der Waals surface area contributed by atoms with E-state index >= 15 is 0 Å². The van der Waals surface area contributed by atoms with Gasteiger partial charge in [-0.1, -0.05) is 6.92 Å². The minimum atomic E-state index is -3.10. The number of aromatic nitrogens is 1. The van der Waals surface area contributed by atoms with Crippen molar-refractivity contribution < 1.29 is 13.2 Å². The van der Waals surface area contributed by atoms with E-state index in [-0.39, 0.29) is 23.9 Å². The van der Waals surface area contributed by atoms with Gasteiger partial charge >= 0.3 is 0 Å². The minimum absolute atomic E-state index is 0.0970. The number of ether oxygens (including phenoxy) is 1. The highest BCUT2D eigenvalue weighted by Crippen LogP contribution is 2.39.